The quantitative estimate of drug-likeness (QED) is 0.538. The Morgan fingerprint density at radius 2 is 1.86 bits per heavy atom. The van der Waals surface area contributed by atoms with Crippen molar-refractivity contribution in [1.82, 2.24) is 9.78 Å². The van der Waals surface area contributed by atoms with Crippen LogP contribution in [0, 0.1) is 11.3 Å². The van der Waals surface area contributed by atoms with Gasteiger partial charge in [-0.15, -0.1) is 0 Å². The molecule has 1 N–H and O–H groups in total. The summed E-state index contributed by atoms with van der Waals surface area (Å²) in [6.07, 6.45) is -3.15. The van der Waals surface area contributed by atoms with Crippen LogP contribution in [0.4, 0.5) is 24.5 Å². The van der Waals surface area contributed by atoms with Gasteiger partial charge >= 0.3 is 6.18 Å². The van der Waals surface area contributed by atoms with Crippen molar-refractivity contribution >= 4 is 23.2 Å². The highest BCUT2D eigenvalue weighted by molar-refractivity contribution is 6.13. The minimum absolute atomic E-state index is 0.0976. The number of hydrogen-bond donors (Lipinski definition) is 1. The monoisotopic (exact) mass is 499 g/mol. The number of nitriles is 1. The molecule has 4 rings (SSSR count). The van der Waals surface area contributed by atoms with Crippen molar-refractivity contribution in [1.29, 1.82) is 5.26 Å². The lowest BCUT2D eigenvalue weighted by molar-refractivity contribution is -0.137. The smallest absolute Gasteiger partial charge is 0.416 e. The van der Waals surface area contributed by atoms with Crippen LogP contribution in [-0.4, -0.2) is 34.7 Å². The van der Waals surface area contributed by atoms with Crippen LogP contribution in [0.2, 0.25) is 0 Å². The predicted octanol–water partition coefficient (Wildman–Crippen LogP) is 5.11. The molecule has 0 unspecified atom stereocenters. The van der Waals surface area contributed by atoms with Gasteiger partial charge in [-0.3, -0.25) is 14.3 Å². The average Bonchev–Trinajstić information content (AvgIpc) is 3.26. The molecule has 3 aromatic rings. The van der Waals surface area contributed by atoms with Gasteiger partial charge in [0.2, 0.25) is 0 Å². The molecule has 0 bridgehead atoms. The molecular weight excluding hydrogens is 475 g/mol. The Bertz CT molecular complexity index is 1310. The standard InChI is InChI=1S/C23H18F3N5O3.C2H6/c1-13-12-30-20(22(33)31(13)17-6-4-16(5-7-17)23(24,25)26)18(11-28-30)29-21(32)14-3-8-19(34-2)15(9-14)10-27;1-2/h3-9,11,13H,12H2,1-2H3,(H,29,32);1-2H3/t13-;/m0./s1. The molecule has 2 amide bonds. The lowest BCUT2D eigenvalue weighted by Crippen LogP contribution is -2.47. The van der Waals surface area contributed by atoms with E-state index in [2.05, 4.69) is 10.4 Å². The Morgan fingerprint density at radius 3 is 2.44 bits per heavy atom. The van der Waals surface area contributed by atoms with E-state index < -0.39 is 23.6 Å². The molecule has 0 spiro atoms. The van der Waals surface area contributed by atoms with Crippen LogP contribution in [0.25, 0.3) is 0 Å². The van der Waals surface area contributed by atoms with Gasteiger partial charge in [0.25, 0.3) is 11.8 Å². The number of carbonyl (C=O) groups is 2. The molecule has 0 radical (unpaired) electrons. The highest BCUT2D eigenvalue weighted by Crippen LogP contribution is 2.33. The number of carbonyl (C=O) groups excluding carboxylic acids is 2. The third kappa shape index (κ3) is 5.02. The first-order chi connectivity index (χ1) is 17.1. The maximum atomic E-state index is 13.3. The molecule has 1 atom stereocenters. The topological polar surface area (TPSA) is 100 Å². The van der Waals surface area contributed by atoms with Gasteiger partial charge in [-0.1, -0.05) is 13.8 Å². The Kier molecular flexibility index (Phi) is 7.68. The van der Waals surface area contributed by atoms with Gasteiger partial charge in [0.05, 0.1) is 42.7 Å². The first-order valence-corrected chi connectivity index (χ1v) is 11.1. The van der Waals surface area contributed by atoms with Gasteiger partial charge < -0.3 is 15.0 Å². The third-order valence-corrected chi connectivity index (χ3v) is 5.44. The van der Waals surface area contributed by atoms with Crippen molar-refractivity contribution in [3.63, 3.8) is 0 Å². The van der Waals surface area contributed by atoms with Crippen molar-refractivity contribution in [3.05, 3.63) is 71.0 Å². The van der Waals surface area contributed by atoms with E-state index in [1.807, 2.05) is 19.9 Å². The number of aromatic nitrogens is 2. The lowest BCUT2D eigenvalue weighted by atomic mass is 10.1. The number of nitrogens with zero attached hydrogens (tertiary/aromatic N) is 4. The fourth-order valence-corrected chi connectivity index (χ4v) is 3.80. The van der Waals surface area contributed by atoms with Gasteiger partial charge in [0.15, 0.2) is 0 Å². The highest BCUT2D eigenvalue weighted by Gasteiger charge is 2.36. The second-order valence-electron chi connectivity index (χ2n) is 7.64. The molecule has 0 saturated carbocycles. The van der Waals surface area contributed by atoms with Crippen molar-refractivity contribution in [2.75, 3.05) is 17.3 Å². The number of halogens is 3. The number of anilines is 2. The van der Waals surface area contributed by atoms with E-state index in [1.54, 1.807) is 6.92 Å². The van der Waals surface area contributed by atoms with E-state index in [1.165, 1.54) is 53.2 Å². The van der Waals surface area contributed by atoms with Crippen molar-refractivity contribution in [2.24, 2.45) is 0 Å². The number of amides is 2. The predicted molar refractivity (Wildman–Crippen MR) is 127 cm³/mol. The molecular formula is C25H24F3N5O3. The summed E-state index contributed by atoms with van der Waals surface area (Å²) in [6.45, 7) is 6.03. The zero-order valence-corrected chi connectivity index (χ0v) is 20.1. The average molecular weight is 499 g/mol. The first kappa shape index (κ1) is 26.3. The molecule has 8 nitrogen and oxygen atoms in total. The second-order valence-corrected chi connectivity index (χ2v) is 7.64. The number of hydrogen-bond acceptors (Lipinski definition) is 5. The molecule has 0 saturated heterocycles. The normalized spacial score (nSPS) is 14.8. The third-order valence-electron chi connectivity index (χ3n) is 5.44. The van der Waals surface area contributed by atoms with Crippen LogP contribution in [0.3, 0.4) is 0 Å². The molecule has 36 heavy (non-hydrogen) atoms. The maximum absolute atomic E-state index is 13.3. The van der Waals surface area contributed by atoms with Gasteiger partial charge in [0, 0.05) is 11.3 Å². The van der Waals surface area contributed by atoms with E-state index in [9.17, 15) is 28.0 Å². The summed E-state index contributed by atoms with van der Waals surface area (Å²) in [5, 5.41) is 16.0. The van der Waals surface area contributed by atoms with Crippen LogP contribution in [-0.2, 0) is 12.7 Å². The molecule has 188 valence electrons. The zero-order valence-electron chi connectivity index (χ0n) is 20.1. The van der Waals surface area contributed by atoms with Crippen LogP contribution in [0.15, 0.2) is 48.7 Å². The van der Waals surface area contributed by atoms with Crippen molar-refractivity contribution < 1.29 is 27.5 Å². The number of ether oxygens (including phenoxy) is 1. The number of benzene rings is 2. The second kappa shape index (κ2) is 10.5. The summed E-state index contributed by atoms with van der Waals surface area (Å²) >= 11 is 0. The first-order valence-electron chi connectivity index (χ1n) is 11.1. The van der Waals surface area contributed by atoms with Crippen molar-refractivity contribution in [2.45, 2.75) is 39.5 Å². The Hall–Kier alpha value is -4.33. The van der Waals surface area contributed by atoms with Gasteiger partial charge in [-0.25, -0.2) is 0 Å². The lowest BCUT2D eigenvalue weighted by Gasteiger charge is -2.34. The van der Waals surface area contributed by atoms with Crippen LogP contribution < -0.4 is 15.0 Å². The number of methoxy groups -OCH3 is 1. The van der Waals surface area contributed by atoms with Gasteiger partial charge in [-0.05, 0) is 49.4 Å². The fourth-order valence-electron chi connectivity index (χ4n) is 3.80. The Balaban J connectivity index is 0.00000176. The summed E-state index contributed by atoms with van der Waals surface area (Å²) in [4.78, 5) is 27.5. The Labute approximate surface area is 205 Å². The van der Waals surface area contributed by atoms with Crippen LogP contribution in [0.1, 0.15) is 52.7 Å². The highest BCUT2D eigenvalue weighted by atomic mass is 19.4. The van der Waals surface area contributed by atoms with E-state index in [-0.39, 0.29) is 35.1 Å². The fraction of sp³-hybridized carbons (Fsp3) is 0.280. The summed E-state index contributed by atoms with van der Waals surface area (Å²) in [6, 6.07) is 10.2. The molecule has 1 aliphatic heterocycles. The Morgan fingerprint density at radius 1 is 1.19 bits per heavy atom. The maximum Gasteiger partial charge on any atom is 0.416 e. The molecule has 2 heterocycles. The summed E-state index contributed by atoms with van der Waals surface area (Å²) < 4.78 is 45.3. The van der Waals surface area contributed by atoms with Crippen LogP contribution in [0.5, 0.6) is 5.75 Å². The van der Waals surface area contributed by atoms with E-state index in [4.69, 9.17) is 4.74 Å². The minimum Gasteiger partial charge on any atom is -0.495 e. The van der Waals surface area contributed by atoms with Crippen molar-refractivity contribution in [3.8, 4) is 11.8 Å². The van der Waals surface area contributed by atoms with E-state index in [0.29, 0.717) is 11.4 Å². The molecule has 2 aromatic carbocycles. The van der Waals surface area contributed by atoms with E-state index in [0.717, 1.165) is 12.1 Å². The number of alkyl halides is 3. The zero-order chi connectivity index (χ0) is 26.6. The molecule has 0 aliphatic carbocycles. The summed E-state index contributed by atoms with van der Waals surface area (Å²) in [5.41, 5.74) is 0.0687. The largest absolute Gasteiger partial charge is 0.495 e. The number of nitrogens with one attached hydrogen (secondary N) is 1. The van der Waals surface area contributed by atoms with Crippen LogP contribution >= 0.6 is 0 Å². The summed E-state index contributed by atoms with van der Waals surface area (Å²) in [5.74, 6) is -0.764. The molecule has 1 aromatic heterocycles. The summed E-state index contributed by atoms with van der Waals surface area (Å²) in [7, 11) is 1.41. The number of rotatable bonds is 4. The molecule has 1 aliphatic rings. The molecule has 11 heteroatoms. The van der Waals surface area contributed by atoms with Gasteiger partial charge in [0.1, 0.15) is 17.5 Å². The SMILES string of the molecule is CC.COc1ccc(C(=O)Nc2cnn3c2C(=O)N(c2ccc(C(F)(F)F)cc2)[C@@H](C)C3)cc1C#N. The van der Waals surface area contributed by atoms with E-state index >= 15 is 0 Å². The van der Waals surface area contributed by atoms with Gasteiger partial charge in [-0.2, -0.15) is 23.5 Å². The number of fused-ring (bicyclic) bond motifs is 1. The molecule has 0 fully saturated rings. The minimum atomic E-state index is -4.49.